The quantitative estimate of drug-likeness (QED) is 0.607. The highest BCUT2D eigenvalue weighted by molar-refractivity contribution is 5.89. The van der Waals surface area contributed by atoms with Crippen LogP contribution in [0.2, 0.25) is 0 Å². The monoisotopic (exact) mass is 286 g/mol. The molecule has 1 saturated heterocycles. The molecule has 114 valence electrons. The zero-order chi connectivity index (χ0) is 15.5. The van der Waals surface area contributed by atoms with Crippen LogP contribution in [0.25, 0.3) is 0 Å². The van der Waals surface area contributed by atoms with E-state index in [1.807, 2.05) is 13.8 Å². The van der Waals surface area contributed by atoms with Gasteiger partial charge in [-0.15, -0.1) is 0 Å². The van der Waals surface area contributed by atoms with Crippen molar-refractivity contribution in [1.29, 1.82) is 0 Å². The summed E-state index contributed by atoms with van der Waals surface area (Å²) < 4.78 is 0. The lowest BCUT2D eigenvalue weighted by Crippen LogP contribution is -2.48. The summed E-state index contributed by atoms with van der Waals surface area (Å²) in [7, 11) is 0. The van der Waals surface area contributed by atoms with Crippen LogP contribution in [0, 0.1) is 11.8 Å². The molecular formula is C13H22N2O5. The van der Waals surface area contributed by atoms with E-state index in [0.717, 1.165) is 6.92 Å². The van der Waals surface area contributed by atoms with Gasteiger partial charge in [-0.25, -0.2) is 4.79 Å². The van der Waals surface area contributed by atoms with Crippen molar-refractivity contribution in [3.8, 4) is 0 Å². The van der Waals surface area contributed by atoms with Crippen LogP contribution in [0.5, 0.6) is 0 Å². The van der Waals surface area contributed by atoms with E-state index < -0.39 is 23.4 Å². The lowest BCUT2D eigenvalue weighted by molar-refractivity contribution is -0.156. The van der Waals surface area contributed by atoms with Crippen LogP contribution in [0.15, 0.2) is 0 Å². The third-order valence-electron chi connectivity index (χ3n) is 3.24. The summed E-state index contributed by atoms with van der Waals surface area (Å²) in [6, 6.07) is 0. The topological polar surface area (TPSA) is 107 Å². The van der Waals surface area contributed by atoms with Gasteiger partial charge in [0.2, 0.25) is 11.8 Å². The van der Waals surface area contributed by atoms with E-state index in [-0.39, 0.29) is 18.9 Å². The minimum atomic E-state index is -2.00. The summed E-state index contributed by atoms with van der Waals surface area (Å²) in [6.07, 6.45) is 0.133. The molecule has 0 spiro atoms. The Balaban J connectivity index is 2.50. The van der Waals surface area contributed by atoms with Crippen molar-refractivity contribution in [3.63, 3.8) is 0 Å². The van der Waals surface area contributed by atoms with E-state index in [1.54, 1.807) is 4.90 Å². The van der Waals surface area contributed by atoms with Crippen molar-refractivity contribution >= 4 is 17.8 Å². The fourth-order valence-corrected chi connectivity index (χ4v) is 2.04. The molecule has 1 fully saturated rings. The van der Waals surface area contributed by atoms with E-state index in [2.05, 4.69) is 5.32 Å². The molecule has 0 saturated carbocycles. The minimum Gasteiger partial charge on any atom is -0.479 e. The summed E-state index contributed by atoms with van der Waals surface area (Å²) in [4.78, 5) is 36.0. The molecule has 1 aliphatic rings. The number of rotatable bonds is 6. The molecule has 2 atom stereocenters. The van der Waals surface area contributed by atoms with Gasteiger partial charge in [0.25, 0.3) is 0 Å². The fraction of sp³-hybridized carbons (Fsp3) is 0.769. The molecule has 0 aromatic rings. The van der Waals surface area contributed by atoms with Crippen LogP contribution in [0.1, 0.15) is 27.2 Å². The standard InChI is InChI=1S/C13H22N2O5/c1-8(2)5-15-6-9(4-10(15)16)11(17)14-7-13(3,20)12(18)19/h8-9,20H,4-7H2,1-3H3,(H,14,17)(H,18,19). The molecule has 0 bridgehead atoms. The summed E-state index contributed by atoms with van der Waals surface area (Å²) in [5, 5.41) is 20.6. The molecule has 20 heavy (non-hydrogen) atoms. The number of hydrogen-bond acceptors (Lipinski definition) is 4. The number of carbonyl (C=O) groups excluding carboxylic acids is 2. The summed E-state index contributed by atoms with van der Waals surface area (Å²) in [5.74, 6) is -2.02. The Labute approximate surface area is 117 Å². The van der Waals surface area contributed by atoms with Gasteiger partial charge >= 0.3 is 5.97 Å². The van der Waals surface area contributed by atoms with Crippen molar-refractivity contribution < 1.29 is 24.6 Å². The molecule has 3 N–H and O–H groups in total. The van der Waals surface area contributed by atoms with Gasteiger partial charge in [0.1, 0.15) is 0 Å². The molecule has 0 aliphatic carbocycles. The number of hydrogen-bond donors (Lipinski definition) is 3. The van der Waals surface area contributed by atoms with Crippen molar-refractivity contribution in [3.05, 3.63) is 0 Å². The second kappa shape index (κ2) is 6.21. The molecule has 0 aromatic carbocycles. The van der Waals surface area contributed by atoms with Gasteiger partial charge in [0, 0.05) is 19.5 Å². The lowest BCUT2D eigenvalue weighted by Gasteiger charge is -2.20. The van der Waals surface area contributed by atoms with E-state index in [4.69, 9.17) is 5.11 Å². The van der Waals surface area contributed by atoms with E-state index >= 15 is 0 Å². The van der Waals surface area contributed by atoms with E-state index in [9.17, 15) is 19.5 Å². The average molecular weight is 286 g/mol. The Kier molecular flexibility index (Phi) is 5.10. The molecule has 7 nitrogen and oxygen atoms in total. The molecule has 1 rings (SSSR count). The third-order valence-corrected chi connectivity index (χ3v) is 3.24. The predicted molar refractivity (Wildman–Crippen MR) is 70.8 cm³/mol. The number of aliphatic hydroxyl groups is 1. The fourth-order valence-electron chi connectivity index (χ4n) is 2.04. The third kappa shape index (κ3) is 4.19. The van der Waals surface area contributed by atoms with Crippen molar-refractivity contribution in [2.45, 2.75) is 32.8 Å². The van der Waals surface area contributed by atoms with Gasteiger partial charge in [-0.2, -0.15) is 0 Å². The van der Waals surface area contributed by atoms with Gasteiger partial charge in [-0.05, 0) is 12.8 Å². The zero-order valence-electron chi connectivity index (χ0n) is 12.0. The van der Waals surface area contributed by atoms with Gasteiger partial charge in [-0.3, -0.25) is 9.59 Å². The molecule has 7 heteroatoms. The highest BCUT2D eigenvalue weighted by Gasteiger charge is 2.36. The van der Waals surface area contributed by atoms with Crippen LogP contribution >= 0.6 is 0 Å². The first kappa shape index (κ1) is 16.4. The molecule has 1 heterocycles. The number of nitrogens with one attached hydrogen (secondary N) is 1. The highest BCUT2D eigenvalue weighted by atomic mass is 16.4. The predicted octanol–water partition coefficient (Wildman–Crippen LogP) is -0.557. The smallest absolute Gasteiger partial charge is 0.337 e. The van der Waals surface area contributed by atoms with E-state index in [1.165, 1.54) is 0 Å². The Hall–Kier alpha value is -1.63. The molecule has 1 aliphatic heterocycles. The molecule has 0 radical (unpaired) electrons. The highest BCUT2D eigenvalue weighted by Crippen LogP contribution is 2.19. The minimum absolute atomic E-state index is 0.0659. The molecule has 2 unspecified atom stereocenters. The Morgan fingerprint density at radius 1 is 1.50 bits per heavy atom. The van der Waals surface area contributed by atoms with E-state index in [0.29, 0.717) is 19.0 Å². The second-order valence-electron chi connectivity index (χ2n) is 5.89. The van der Waals surface area contributed by atoms with Gasteiger partial charge in [0.15, 0.2) is 5.60 Å². The number of carboxylic acids is 1. The molecular weight excluding hydrogens is 264 g/mol. The maximum atomic E-state index is 11.9. The molecule has 2 amide bonds. The normalized spacial score (nSPS) is 21.9. The largest absolute Gasteiger partial charge is 0.479 e. The maximum Gasteiger partial charge on any atom is 0.337 e. The number of carboxylic acid groups (broad SMARTS) is 1. The van der Waals surface area contributed by atoms with Crippen LogP contribution in [-0.2, 0) is 14.4 Å². The number of nitrogens with zero attached hydrogens (tertiary/aromatic N) is 1. The van der Waals surface area contributed by atoms with Crippen LogP contribution < -0.4 is 5.32 Å². The number of likely N-dealkylation sites (tertiary alicyclic amines) is 1. The average Bonchev–Trinajstić information content (AvgIpc) is 2.67. The Morgan fingerprint density at radius 3 is 2.60 bits per heavy atom. The lowest BCUT2D eigenvalue weighted by atomic mass is 10.1. The number of carbonyl (C=O) groups is 3. The zero-order valence-corrected chi connectivity index (χ0v) is 12.0. The van der Waals surface area contributed by atoms with Gasteiger partial charge in [0.05, 0.1) is 12.5 Å². The van der Waals surface area contributed by atoms with Gasteiger partial charge < -0.3 is 20.4 Å². The first-order valence-corrected chi connectivity index (χ1v) is 6.64. The summed E-state index contributed by atoms with van der Waals surface area (Å²) in [6.45, 7) is 5.67. The summed E-state index contributed by atoms with van der Waals surface area (Å²) in [5.41, 5.74) is -2.00. The summed E-state index contributed by atoms with van der Waals surface area (Å²) >= 11 is 0. The number of amides is 2. The van der Waals surface area contributed by atoms with Crippen LogP contribution in [-0.4, -0.2) is 58.1 Å². The van der Waals surface area contributed by atoms with Crippen LogP contribution in [0.3, 0.4) is 0 Å². The number of aliphatic carboxylic acids is 1. The van der Waals surface area contributed by atoms with Crippen molar-refractivity contribution in [2.24, 2.45) is 11.8 Å². The first-order chi connectivity index (χ1) is 9.13. The maximum absolute atomic E-state index is 11.9. The van der Waals surface area contributed by atoms with Gasteiger partial charge in [-0.1, -0.05) is 13.8 Å². The Morgan fingerprint density at radius 2 is 2.10 bits per heavy atom. The molecule has 0 aromatic heterocycles. The second-order valence-corrected chi connectivity index (χ2v) is 5.89. The SMILES string of the molecule is CC(C)CN1CC(C(=O)NCC(C)(O)C(=O)O)CC1=O. The van der Waals surface area contributed by atoms with Crippen LogP contribution in [0.4, 0.5) is 0 Å². The van der Waals surface area contributed by atoms with Crippen molar-refractivity contribution in [1.82, 2.24) is 10.2 Å². The first-order valence-electron chi connectivity index (χ1n) is 6.64. The Bertz CT molecular complexity index is 406. The van der Waals surface area contributed by atoms with Crippen molar-refractivity contribution in [2.75, 3.05) is 19.6 Å².